The highest BCUT2D eigenvalue weighted by atomic mass is 32.1. The van der Waals surface area contributed by atoms with Gasteiger partial charge in [0.25, 0.3) is 0 Å². The van der Waals surface area contributed by atoms with Crippen molar-refractivity contribution in [2.24, 2.45) is 0 Å². The fraction of sp³-hybridized carbons (Fsp3) is 0.109. The normalized spacial score (nSPS) is 16.5. The molecule has 0 saturated carbocycles. The minimum atomic E-state index is -2.46. The molecule has 8 aromatic rings. The lowest BCUT2D eigenvalue weighted by Gasteiger charge is -2.29. The first kappa shape index (κ1) is 51.2. The molecule has 0 N–H and O–H groups in total. The molecule has 6 aromatic carbocycles. The second-order valence-corrected chi connectivity index (χ2v) is 22.9. The van der Waals surface area contributed by atoms with Crippen LogP contribution in [-0.2, 0) is 75.4 Å². The van der Waals surface area contributed by atoms with Gasteiger partial charge in [-0.1, -0.05) is 207 Å². The third kappa shape index (κ3) is 8.58. The second-order valence-electron chi connectivity index (χ2n) is 19.0. The van der Waals surface area contributed by atoms with Crippen LogP contribution in [0.15, 0.2) is 193 Å². The summed E-state index contributed by atoms with van der Waals surface area (Å²) in [7, 11) is 0. The molecule has 12 rings (SSSR count). The summed E-state index contributed by atoms with van der Waals surface area (Å²) in [6.45, 7) is -0.916. The van der Waals surface area contributed by atoms with Gasteiger partial charge in [0.05, 0.1) is 15.0 Å². The predicted octanol–water partition coefficient (Wildman–Crippen LogP) is 13.5. The Morgan fingerprint density at radius 3 is 1.15 bits per heavy atom. The Labute approximate surface area is 479 Å². The Hall–Kier alpha value is -7.56. The number of rotatable bonds is 14. The molecule has 2 aromatic heterocycles. The summed E-state index contributed by atoms with van der Waals surface area (Å²) in [6, 6.07) is 55.3. The number of thiol groups is 1. The molecular formula is C64H42O8S6. The van der Waals surface area contributed by atoms with E-state index in [-0.39, 0.29) is 58.5 Å². The zero-order chi connectivity index (χ0) is 53.7. The highest BCUT2D eigenvalue weighted by Gasteiger charge is 2.72. The lowest BCUT2D eigenvalue weighted by molar-refractivity contribution is -0.165. The number of hydrogen-bond donors (Lipinski definition) is 1. The summed E-state index contributed by atoms with van der Waals surface area (Å²) in [6.07, 6.45) is 3.72. The minimum absolute atomic E-state index is 0.0489. The monoisotopic (exact) mass is 1130 g/mol. The molecule has 2 heterocycles. The van der Waals surface area contributed by atoms with Crippen LogP contribution >= 0.6 is 72.0 Å². The summed E-state index contributed by atoms with van der Waals surface area (Å²) >= 11 is 25.6. The standard InChI is InChI=1S/C64H42O8S6/c65-59(69-33-37-17-5-1-6-18-37)63(60(66)70-34-38-19-7-2-8-20-38)49-31-41(29-47-53(73)43-25-13-14-26-44(43)54(47)74)77-57(49)52-51(63)58-50(32-42(78-58)30-48-55(75)45-27-15-16-28-46(45)56(48)76)64(52,61(67)71-35-39-21-9-3-10-22-39)62(68)72-36-40-23-11-4-12-24-40/h1-32,53,73H,33-36H2/b47-29-. The Morgan fingerprint density at radius 1 is 0.449 bits per heavy atom. The summed E-state index contributed by atoms with van der Waals surface area (Å²) < 4.78 is 25.5. The van der Waals surface area contributed by atoms with Gasteiger partial charge in [-0.2, -0.15) is 12.6 Å². The van der Waals surface area contributed by atoms with Gasteiger partial charge < -0.3 is 18.9 Å². The van der Waals surface area contributed by atoms with Crippen LogP contribution in [0.1, 0.15) is 80.4 Å². The van der Waals surface area contributed by atoms with Crippen LogP contribution < -0.4 is 0 Å². The van der Waals surface area contributed by atoms with Crippen molar-refractivity contribution in [3.63, 3.8) is 0 Å². The molecule has 0 aliphatic heterocycles. The van der Waals surface area contributed by atoms with E-state index in [2.05, 4.69) is 0 Å². The highest BCUT2D eigenvalue weighted by Crippen LogP contribution is 2.68. The molecular weight excluding hydrogens is 1090 g/mol. The molecule has 1 atom stereocenters. The summed E-state index contributed by atoms with van der Waals surface area (Å²) in [5.41, 5.74) is 2.82. The molecule has 14 heteroatoms. The van der Waals surface area contributed by atoms with Crippen LogP contribution in [0.3, 0.4) is 0 Å². The molecule has 0 saturated heterocycles. The Morgan fingerprint density at radius 2 is 0.782 bits per heavy atom. The number of carbonyl (C=O) groups is 4. The molecule has 0 spiro atoms. The van der Waals surface area contributed by atoms with Gasteiger partial charge in [-0.15, -0.1) is 22.7 Å². The van der Waals surface area contributed by atoms with Gasteiger partial charge in [0.1, 0.15) is 26.4 Å². The second kappa shape index (κ2) is 21.0. The van der Waals surface area contributed by atoms with Crippen LogP contribution in [0, 0.1) is 0 Å². The first-order chi connectivity index (χ1) is 38.0. The maximum Gasteiger partial charge on any atom is 0.333 e. The number of fused-ring (bicyclic) bond motifs is 6. The molecule has 1 unspecified atom stereocenters. The van der Waals surface area contributed by atoms with Crippen LogP contribution in [0.4, 0.5) is 0 Å². The molecule has 4 aliphatic rings. The summed E-state index contributed by atoms with van der Waals surface area (Å²) in [5, 5.41) is -0.406. The number of ether oxygens (including phenoxy) is 4. The largest absolute Gasteiger partial charge is 0.459 e. The minimum Gasteiger partial charge on any atom is -0.459 e. The molecule has 382 valence electrons. The van der Waals surface area contributed by atoms with Crippen molar-refractivity contribution < 1.29 is 38.1 Å². The SMILES string of the molecule is O=C(OCc1ccccc1)C1(C(=O)OCc2ccccc2)C2=C(c3sc(C=C4C(=S)c5ccccc5C4=S)cc31)C(C(=O)OCc1ccccc1)(C(=O)OCc1ccccc1)c1cc(/C=C3\C(=S)c4ccccc4C3S)sc12. The van der Waals surface area contributed by atoms with Crippen molar-refractivity contribution in [3.8, 4) is 0 Å². The molecule has 4 aliphatic carbocycles. The summed E-state index contributed by atoms with van der Waals surface area (Å²) in [4.78, 5) is 67.7. The molecule has 0 amide bonds. The van der Waals surface area contributed by atoms with Crippen molar-refractivity contribution in [2.45, 2.75) is 42.5 Å². The van der Waals surface area contributed by atoms with E-state index < -0.39 is 40.0 Å². The van der Waals surface area contributed by atoms with Crippen molar-refractivity contribution in [3.05, 3.63) is 268 Å². The third-order valence-electron chi connectivity index (χ3n) is 14.4. The molecule has 0 fully saturated rings. The Kier molecular flexibility index (Phi) is 13.8. The number of thiophene rings is 2. The number of allylic oxidation sites excluding steroid dienone is 1. The number of thiocarbonyl (C=S) groups is 3. The summed E-state index contributed by atoms with van der Waals surface area (Å²) in [5.74, 6) is -3.94. The van der Waals surface area contributed by atoms with E-state index >= 15 is 19.2 Å². The fourth-order valence-corrected chi connectivity index (χ4v) is 14.8. The average Bonchev–Trinajstić information content (AvgIpc) is 3.54. The van der Waals surface area contributed by atoms with Gasteiger partial charge in [0.2, 0.25) is 10.8 Å². The third-order valence-corrected chi connectivity index (χ3v) is 18.5. The maximum absolute atomic E-state index is 16.1. The van der Waals surface area contributed by atoms with Gasteiger partial charge in [-0.3, -0.25) is 19.2 Å². The predicted molar refractivity (Wildman–Crippen MR) is 319 cm³/mol. The molecule has 0 bridgehead atoms. The molecule has 0 radical (unpaired) electrons. The Bertz CT molecular complexity index is 3760. The van der Waals surface area contributed by atoms with Crippen LogP contribution in [-0.4, -0.2) is 38.5 Å². The van der Waals surface area contributed by atoms with Crippen LogP contribution in [0.2, 0.25) is 0 Å². The number of esters is 4. The van der Waals surface area contributed by atoms with Crippen molar-refractivity contribution in [2.75, 3.05) is 0 Å². The van der Waals surface area contributed by atoms with Crippen molar-refractivity contribution >= 4 is 134 Å². The molecule has 78 heavy (non-hydrogen) atoms. The first-order valence-corrected chi connectivity index (χ1v) is 28.2. The lowest BCUT2D eigenvalue weighted by atomic mass is 9.76. The van der Waals surface area contributed by atoms with E-state index in [1.807, 2.05) is 182 Å². The zero-order valence-electron chi connectivity index (χ0n) is 41.1. The van der Waals surface area contributed by atoms with E-state index in [9.17, 15) is 0 Å². The van der Waals surface area contributed by atoms with Gasteiger partial charge in [0, 0.05) is 63.3 Å². The number of hydrogen-bond acceptors (Lipinski definition) is 14. The smallest absolute Gasteiger partial charge is 0.333 e. The van der Waals surface area contributed by atoms with E-state index in [1.54, 1.807) is 12.1 Å². The average molecular weight is 1130 g/mol. The van der Waals surface area contributed by atoms with E-state index in [0.29, 0.717) is 52.2 Å². The Balaban J connectivity index is 1.13. The van der Waals surface area contributed by atoms with Crippen LogP contribution in [0.25, 0.3) is 23.3 Å². The van der Waals surface area contributed by atoms with Gasteiger partial charge >= 0.3 is 23.9 Å². The topological polar surface area (TPSA) is 105 Å². The molecule has 8 nitrogen and oxygen atoms in total. The van der Waals surface area contributed by atoms with E-state index in [1.165, 1.54) is 22.7 Å². The zero-order valence-corrected chi connectivity index (χ0v) is 46.1. The fourth-order valence-electron chi connectivity index (χ4n) is 10.7. The number of benzene rings is 6. The lowest BCUT2D eigenvalue weighted by Crippen LogP contribution is -2.45. The quantitative estimate of drug-likeness (QED) is 0.0281. The van der Waals surface area contributed by atoms with E-state index in [4.69, 9.17) is 68.2 Å². The maximum atomic E-state index is 16.1. The van der Waals surface area contributed by atoms with Gasteiger partial charge in [-0.25, -0.2) is 0 Å². The number of carbonyl (C=O) groups excluding carboxylic acids is 4. The van der Waals surface area contributed by atoms with Gasteiger partial charge in [-0.05, 0) is 63.2 Å². The van der Waals surface area contributed by atoms with Crippen LogP contribution in [0.5, 0.6) is 0 Å². The van der Waals surface area contributed by atoms with E-state index in [0.717, 1.165) is 27.8 Å². The highest BCUT2D eigenvalue weighted by molar-refractivity contribution is 7.84. The van der Waals surface area contributed by atoms with Crippen molar-refractivity contribution in [1.82, 2.24) is 0 Å². The van der Waals surface area contributed by atoms with Gasteiger partial charge in [0.15, 0.2) is 0 Å². The van der Waals surface area contributed by atoms with Crippen molar-refractivity contribution in [1.29, 1.82) is 0 Å². The first-order valence-electron chi connectivity index (χ1n) is 24.8.